The van der Waals surface area contributed by atoms with Gasteiger partial charge in [0.2, 0.25) is 0 Å². The number of rotatable bonds is 3. The molecule has 104 valence electrons. The van der Waals surface area contributed by atoms with Crippen molar-refractivity contribution in [1.29, 1.82) is 0 Å². The molecule has 0 heterocycles. The summed E-state index contributed by atoms with van der Waals surface area (Å²) in [7, 11) is 0. The zero-order chi connectivity index (χ0) is 14.5. The van der Waals surface area contributed by atoms with Crippen molar-refractivity contribution >= 4 is 23.3 Å². The number of benzene rings is 2. The number of halogens is 1. The lowest BCUT2D eigenvalue weighted by atomic mass is 10.1. The summed E-state index contributed by atoms with van der Waals surface area (Å²) in [4.78, 5) is 11.9. The van der Waals surface area contributed by atoms with Gasteiger partial charge in [0.25, 0.3) is 0 Å². The van der Waals surface area contributed by atoms with E-state index in [1.54, 1.807) is 0 Å². The molecule has 0 saturated heterocycles. The maximum Gasteiger partial charge on any atom is 0.319 e. The van der Waals surface area contributed by atoms with Gasteiger partial charge in [0.15, 0.2) is 0 Å². The van der Waals surface area contributed by atoms with Crippen molar-refractivity contribution in [3.05, 3.63) is 64.7 Å². The second-order valence-corrected chi connectivity index (χ2v) is 5.18. The molecular formula is C16H17ClN2O. The van der Waals surface area contributed by atoms with Crippen LogP contribution in [-0.4, -0.2) is 6.03 Å². The fraction of sp³-hybridized carbons (Fsp3) is 0.188. The average molecular weight is 289 g/mol. The van der Waals surface area contributed by atoms with Gasteiger partial charge in [-0.2, -0.15) is 0 Å². The molecule has 1 atom stereocenters. The molecular weight excluding hydrogens is 272 g/mol. The van der Waals surface area contributed by atoms with Crippen molar-refractivity contribution in [2.24, 2.45) is 0 Å². The Morgan fingerprint density at radius 2 is 1.85 bits per heavy atom. The first kappa shape index (κ1) is 14.4. The predicted molar refractivity (Wildman–Crippen MR) is 83.2 cm³/mol. The van der Waals surface area contributed by atoms with E-state index in [0.717, 1.165) is 16.8 Å². The van der Waals surface area contributed by atoms with E-state index in [9.17, 15) is 4.79 Å². The molecule has 2 aromatic rings. The largest absolute Gasteiger partial charge is 0.331 e. The minimum Gasteiger partial charge on any atom is -0.331 e. The monoisotopic (exact) mass is 288 g/mol. The molecule has 3 nitrogen and oxygen atoms in total. The van der Waals surface area contributed by atoms with Gasteiger partial charge in [-0.05, 0) is 49.2 Å². The standard InChI is InChI=1S/C16H17ClN2O/c1-11-4-3-5-15(10-11)19-16(20)18-12(2)13-6-8-14(17)9-7-13/h3-10,12H,1-2H3,(H2,18,19,20). The normalized spacial score (nSPS) is 11.8. The number of nitrogens with one attached hydrogen (secondary N) is 2. The number of hydrogen-bond donors (Lipinski definition) is 2. The Morgan fingerprint density at radius 1 is 1.15 bits per heavy atom. The van der Waals surface area contributed by atoms with Crippen LogP contribution in [0.5, 0.6) is 0 Å². The van der Waals surface area contributed by atoms with Gasteiger partial charge in [0.1, 0.15) is 0 Å². The average Bonchev–Trinajstić information content (AvgIpc) is 2.39. The van der Waals surface area contributed by atoms with Crippen LogP contribution in [0, 0.1) is 6.92 Å². The molecule has 0 spiro atoms. The minimum absolute atomic E-state index is 0.0860. The van der Waals surface area contributed by atoms with Crippen LogP contribution in [-0.2, 0) is 0 Å². The first-order valence-corrected chi connectivity index (χ1v) is 6.82. The molecule has 20 heavy (non-hydrogen) atoms. The van der Waals surface area contributed by atoms with E-state index >= 15 is 0 Å². The van der Waals surface area contributed by atoms with E-state index in [4.69, 9.17) is 11.6 Å². The van der Waals surface area contributed by atoms with Gasteiger partial charge in [-0.15, -0.1) is 0 Å². The minimum atomic E-state index is -0.224. The Labute approximate surface area is 124 Å². The zero-order valence-corrected chi connectivity index (χ0v) is 12.2. The molecule has 0 fully saturated rings. The summed E-state index contributed by atoms with van der Waals surface area (Å²) in [6.45, 7) is 3.92. The summed E-state index contributed by atoms with van der Waals surface area (Å²) in [6, 6.07) is 14.8. The number of hydrogen-bond acceptors (Lipinski definition) is 1. The van der Waals surface area contributed by atoms with E-state index < -0.39 is 0 Å². The highest BCUT2D eigenvalue weighted by Gasteiger charge is 2.09. The number of aryl methyl sites for hydroxylation is 1. The van der Waals surface area contributed by atoms with Crippen molar-refractivity contribution in [2.75, 3.05) is 5.32 Å². The molecule has 2 rings (SSSR count). The van der Waals surface area contributed by atoms with Crippen LogP contribution in [0.4, 0.5) is 10.5 Å². The van der Waals surface area contributed by atoms with Crippen LogP contribution < -0.4 is 10.6 Å². The summed E-state index contributed by atoms with van der Waals surface area (Å²) in [5.41, 5.74) is 2.90. The second kappa shape index (κ2) is 6.44. The SMILES string of the molecule is Cc1cccc(NC(=O)NC(C)c2ccc(Cl)cc2)c1. The van der Waals surface area contributed by atoms with E-state index in [0.29, 0.717) is 5.02 Å². The van der Waals surface area contributed by atoms with Crippen LogP contribution in [0.15, 0.2) is 48.5 Å². The number of urea groups is 1. The van der Waals surface area contributed by atoms with Crippen molar-refractivity contribution < 1.29 is 4.79 Å². The number of carbonyl (C=O) groups excluding carboxylic acids is 1. The number of anilines is 1. The molecule has 4 heteroatoms. The number of carbonyl (C=O) groups is 1. The first-order chi connectivity index (χ1) is 9.54. The summed E-state index contributed by atoms with van der Waals surface area (Å²) in [5.74, 6) is 0. The topological polar surface area (TPSA) is 41.1 Å². The van der Waals surface area contributed by atoms with Crippen LogP contribution in [0.2, 0.25) is 5.02 Å². The molecule has 0 aromatic heterocycles. The van der Waals surface area contributed by atoms with Gasteiger partial charge in [0, 0.05) is 10.7 Å². The lowest BCUT2D eigenvalue weighted by molar-refractivity contribution is 0.249. The molecule has 2 aromatic carbocycles. The van der Waals surface area contributed by atoms with Crippen LogP contribution in [0.25, 0.3) is 0 Å². The van der Waals surface area contributed by atoms with Gasteiger partial charge in [-0.1, -0.05) is 35.9 Å². The predicted octanol–water partition coefficient (Wildman–Crippen LogP) is 4.53. The fourth-order valence-electron chi connectivity index (χ4n) is 1.92. The fourth-order valence-corrected chi connectivity index (χ4v) is 2.05. The van der Waals surface area contributed by atoms with Gasteiger partial charge < -0.3 is 10.6 Å². The van der Waals surface area contributed by atoms with E-state index in [-0.39, 0.29) is 12.1 Å². The molecule has 0 aliphatic heterocycles. The van der Waals surface area contributed by atoms with E-state index in [1.165, 1.54) is 0 Å². The summed E-state index contributed by atoms with van der Waals surface area (Å²) >= 11 is 5.84. The van der Waals surface area contributed by atoms with Gasteiger partial charge in [0.05, 0.1) is 6.04 Å². The zero-order valence-electron chi connectivity index (χ0n) is 11.5. The Hall–Kier alpha value is -2.00. The Bertz CT molecular complexity index is 596. The lowest BCUT2D eigenvalue weighted by Gasteiger charge is -2.15. The van der Waals surface area contributed by atoms with Crippen LogP contribution in [0.3, 0.4) is 0 Å². The highest BCUT2D eigenvalue weighted by Crippen LogP contribution is 2.16. The smallest absolute Gasteiger partial charge is 0.319 e. The number of amides is 2. The van der Waals surface area contributed by atoms with Crippen molar-refractivity contribution in [2.45, 2.75) is 19.9 Å². The Kier molecular flexibility index (Phi) is 4.64. The van der Waals surface area contributed by atoms with Gasteiger partial charge >= 0.3 is 6.03 Å². The second-order valence-electron chi connectivity index (χ2n) is 4.74. The third-order valence-corrected chi connectivity index (χ3v) is 3.25. The van der Waals surface area contributed by atoms with Crippen LogP contribution in [0.1, 0.15) is 24.1 Å². The maximum absolute atomic E-state index is 11.9. The molecule has 0 bridgehead atoms. The summed E-state index contributed by atoms with van der Waals surface area (Å²) in [6.07, 6.45) is 0. The molecule has 0 saturated carbocycles. The van der Waals surface area contributed by atoms with Crippen molar-refractivity contribution in [3.8, 4) is 0 Å². The Balaban J connectivity index is 1.95. The third-order valence-electron chi connectivity index (χ3n) is 2.99. The van der Waals surface area contributed by atoms with Crippen molar-refractivity contribution in [3.63, 3.8) is 0 Å². The van der Waals surface area contributed by atoms with Gasteiger partial charge in [-0.3, -0.25) is 0 Å². The summed E-state index contributed by atoms with van der Waals surface area (Å²) < 4.78 is 0. The molecule has 0 aliphatic rings. The van der Waals surface area contributed by atoms with Crippen molar-refractivity contribution in [1.82, 2.24) is 5.32 Å². The van der Waals surface area contributed by atoms with Crippen LogP contribution >= 0.6 is 11.6 Å². The third kappa shape index (κ3) is 4.00. The molecule has 2 amide bonds. The molecule has 0 radical (unpaired) electrons. The van der Waals surface area contributed by atoms with E-state index in [1.807, 2.05) is 62.4 Å². The lowest BCUT2D eigenvalue weighted by Crippen LogP contribution is -2.31. The molecule has 2 N–H and O–H groups in total. The highest BCUT2D eigenvalue weighted by molar-refractivity contribution is 6.30. The highest BCUT2D eigenvalue weighted by atomic mass is 35.5. The maximum atomic E-state index is 11.9. The molecule has 1 unspecified atom stereocenters. The van der Waals surface area contributed by atoms with Gasteiger partial charge in [-0.25, -0.2) is 4.79 Å². The first-order valence-electron chi connectivity index (χ1n) is 6.44. The Morgan fingerprint density at radius 3 is 2.50 bits per heavy atom. The quantitative estimate of drug-likeness (QED) is 0.856. The van der Waals surface area contributed by atoms with E-state index in [2.05, 4.69) is 10.6 Å². The molecule has 0 aliphatic carbocycles. The summed E-state index contributed by atoms with van der Waals surface area (Å²) in [5, 5.41) is 6.39.